The van der Waals surface area contributed by atoms with Crippen LogP contribution in [0.1, 0.15) is 45.6 Å². The number of nitrogens with one attached hydrogen (secondary N) is 1. The standard InChI is InChI=1S/C18H27NO3/c1-12(2)11-19-18(20)10-15(13(3)4)14-5-6-16-17(9-14)22-8-7-21-16/h5-6,9,12-13,15H,7-8,10-11H2,1-4H3,(H,19,20). The first-order valence-corrected chi connectivity index (χ1v) is 8.13. The predicted octanol–water partition coefficient (Wildman–Crippen LogP) is 3.36. The van der Waals surface area contributed by atoms with Gasteiger partial charge in [0.1, 0.15) is 13.2 Å². The van der Waals surface area contributed by atoms with Gasteiger partial charge in [-0.1, -0.05) is 33.8 Å². The fraction of sp³-hybridized carbons (Fsp3) is 0.611. The summed E-state index contributed by atoms with van der Waals surface area (Å²) in [6.07, 6.45) is 0.504. The summed E-state index contributed by atoms with van der Waals surface area (Å²) in [7, 11) is 0. The number of amides is 1. The van der Waals surface area contributed by atoms with Crippen molar-refractivity contribution in [3.63, 3.8) is 0 Å². The van der Waals surface area contributed by atoms with E-state index in [1.54, 1.807) is 0 Å². The van der Waals surface area contributed by atoms with Gasteiger partial charge in [-0.2, -0.15) is 0 Å². The van der Waals surface area contributed by atoms with Crippen LogP contribution in [0.15, 0.2) is 18.2 Å². The minimum absolute atomic E-state index is 0.113. The molecule has 2 rings (SSSR count). The number of benzene rings is 1. The highest BCUT2D eigenvalue weighted by molar-refractivity contribution is 5.77. The van der Waals surface area contributed by atoms with Crippen LogP contribution < -0.4 is 14.8 Å². The zero-order valence-corrected chi connectivity index (χ0v) is 14.0. The fourth-order valence-electron chi connectivity index (χ4n) is 2.62. The lowest BCUT2D eigenvalue weighted by Crippen LogP contribution is -2.29. The molecule has 4 nitrogen and oxygen atoms in total. The van der Waals surface area contributed by atoms with E-state index >= 15 is 0 Å². The van der Waals surface area contributed by atoms with Gasteiger partial charge < -0.3 is 14.8 Å². The summed E-state index contributed by atoms with van der Waals surface area (Å²) in [5.41, 5.74) is 1.14. The molecule has 0 radical (unpaired) electrons. The number of carbonyl (C=O) groups excluding carboxylic acids is 1. The molecule has 22 heavy (non-hydrogen) atoms. The molecule has 0 spiro atoms. The van der Waals surface area contributed by atoms with E-state index in [-0.39, 0.29) is 11.8 Å². The van der Waals surface area contributed by atoms with E-state index < -0.39 is 0 Å². The highest BCUT2D eigenvalue weighted by Crippen LogP contribution is 2.36. The lowest BCUT2D eigenvalue weighted by molar-refractivity contribution is -0.121. The van der Waals surface area contributed by atoms with Crippen LogP contribution in [-0.4, -0.2) is 25.7 Å². The van der Waals surface area contributed by atoms with Crippen molar-refractivity contribution in [3.8, 4) is 11.5 Å². The van der Waals surface area contributed by atoms with Crippen molar-refractivity contribution in [1.82, 2.24) is 5.32 Å². The van der Waals surface area contributed by atoms with Crippen LogP contribution in [0.25, 0.3) is 0 Å². The van der Waals surface area contributed by atoms with Crippen LogP contribution in [0.3, 0.4) is 0 Å². The van der Waals surface area contributed by atoms with Crippen LogP contribution in [-0.2, 0) is 4.79 Å². The average molecular weight is 305 g/mol. The van der Waals surface area contributed by atoms with Gasteiger partial charge in [-0.25, -0.2) is 0 Å². The lowest BCUT2D eigenvalue weighted by Gasteiger charge is -2.24. The number of hydrogen-bond acceptors (Lipinski definition) is 3. The van der Waals surface area contributed by atoms with E-state index in [4.69, 9.17) is 9.47 Å². The SMILES string of the molecule is CC(C)CNC(=O)CC(c1ccc2c(c1)OCCO2)C(C)C. The number of hydrogen-bond donors (Lipinski definition) is 1. The summed E-state index contributed by atoms with van der Waals surface area (Å²) in [4.78, 5) is 12.2. The molecule has 0 aromatic heterocycles. The first-order chi connectivity index (χ1) is 10.5. The maximum atomic E-state index is 12.2. The Morgan fingerprint density at radius 2 is 1.82 bits per heavy atom. The molecular weight excluding hydrogens is 278 g/mol. The van der Waals surface area contributed by atoms with Crippen molar-refractivity contribution in [1.29, 1.82) is 0 Å². The van der Waals surface area contributed by atoms with E-state index in [1.807, 2.05) is 18.2 Å². The molecule has 0 fully saturated rings. The molecule has 0 saturated carbocycles. The molecule has 0 bridgehead atoms. The Morgan fingerprint density at radius 1 is 1.14 bits per heavy atom. The van der Waals surface area contributed by atoms with E-state index in [1.165, 1.54) is 0 Å². The summed E-state index contributed by atoms with van der Waals surface area (Å²) in [6, 6.07) is 6.02. The van der Waals surface area contributed by atoms with Gasteiger partial charge in [0.05, 0.1) is 0 Å². The molecule has 1 aromatic rings. The van der Waals surface area contributed by atoms with Crippen LogP contribution in [0.2, 0.25) is 0 Å². The van der Waals surface area contributed by atoms with Gasteiger partial charge in [0.2, 0.25) is 5.91 Å². The molecule has 1 aliphatic rings. The summed E-state index contributed by atoms with van der Waals surface area (Å²) in [6.45, 7) is 10.4. The number of ether oxygens (including phenoxy) is 2. The van der Waals surface area contributed by atoms with Crippen LogP contribution >= 0.6 is 0 Å². The third kappa shape index (κ3) is 4.39. The van der Waals surface area contributed by atoms with Gasteiger partial charge in [-0.15, -0.1) is 0 Å². The zero-order chi connectivity index (χ0) is 16.1. The van der Waals surface area contributed by atoms with Gasteiger partial charge >= 0.3 is 0 Å². The van der Waals surface area contributed by atoms with Crippen molar-refractivity contribution in [2.45, 2.75) is 40.0 Å². The highest BCUT2D eigenvalue weighted by Gasteiger charge is 2.22. The first-order valence-electron chi connectivity index (χ1n) is 8.13. The van der Waals surface area contributed by atoms with Gasteiger partial charge in [-0.3, -0.25) is 4.79 Å². The Balaban J connectivity index is 2.09. The molecule has 1 heterocycles. The van der Waals surface area contributed by atoms with E-state index in [2.05, 4.69) is 33.0 Å². The zero-order valence-electron chi connectivity index (χ0n) is 14.0. The Labute approximate surface area is 133 Å². The minimum Gasteiger partial charge on any atom is -0.486 e. The van der Waals surface area contributed by atoms with Gasteiger partial charge in [0, 0.05) is 13.0 Å². The fourth-order valence-corrected chi connectivity index (χ4v) is 2.62. The van der Waals surface area contributed by atoms with Gasteiger partial charge in [0.25, 0.3) is 0 Å². The first kappa shape index (κ1) is 16.7. The van der Waals surface area contributed by atoms with Crippen molar-refractivity contribution < 1.29 is 14.3 Å². The third-order valence-electron chi connectivity index (χ3n) is 3.91. The third-order valence-corrected chi connectivity index (χ3v) is 3.91. The highest BCUT2D eigenvalue weighted by atomic mass is 16.6. The number of fused-ring (bicyclic) bond motifs is 1. The van der Waals surface area contributed by atoms with Crippen LogP contribution in [0.4, 0.5) is 0 Å². The lowest BCUT2D eigenvalue weighted by atomic mass is 9.85. The maximum Gasteiger partial charge on any atom is 0.220 e. The summed E-state index contributed by atoms with van der Waals surface area (Å²) in [5.74, 6) is 2.73. The molecule has 1 N–H and O–H groups in total. The van der Waals surface area contributed by atoms with Crippen molar-refractivity contribution >= 4 is 5.91 Å². The summed E-state index contributed by atoms with van der Waals surface area (Å²) >= 11 is 0. The van der Waals surface area contributed by atoms with E-state index in [9.17, 15) is 4.79 Å². The molecule has 0 saturated heterocycles. The largest absolute Gasteiger partial charge is 0.486 e. The van der Waals surface area contributed by atoms with Crippen LogP contribution in [0.5, 0.6) is 11.5 Å². The second-order valence-corrected chi connectivity index (χ2v) is 6.66. The van der Waals surface area contributed by atoms with Crippen molar-refractivity contribution in [2.75, 3.05) is 19.8 Å². The average Bonchev–Trinajstić information content (AvgIpc) is 2.49. The Kier molecular flexibility index (Phi) is 5.69. The monoisotopic (exact) mass is 305 g/mol. The molecular formula is C18H27NO3. The summed E-state index contributed by atoms with van der Waals surface area (Å²) < 4.78 is 11.2. The quantitative estimate of drug-likeness (QED) is 0.876. The molecule has 1 aromatic carbocycles. The minimum atomic E-state index is 0.113. The Bertz CT molecular complexity index is 511. The number of rotatable bonds is 6. The molecule has 1 unspecified atom stereocenters. The van der Waals surface area contributed by atoms with E-state index in [0.717, 1.165) is 23.6 Å². The molecule has 1 amide bonds. The predicted molar refractivity (Wildman–Crippen MR) is 87.5 cm³/mol. The summed E-state index contributed by atoms with van der Waals surface area (Å²) in [5, 5.41) is 3.00. The normalized spacial score (nSPS) is 15.0. The second kappa shape index (κ2) is 7.52. The molecule has 122 valence electrons. The van der Waals surface area contributed by atoms with Crippen molar-refractivity contribution in [3.05, 3.63) is 23.8 Å². The molecule has 1 aliphatic heterocycles. The number of carbonyl (C=O) groups is 1. The van der Waals surface area contributed by atoms with E-state index in [0.29, 0.717) is 31.5 Å². The van der Waals surface area contributed by atoms with Crippen molar-refractivity contribution in [2.24, 2.45) is 11.8 Å². The molecule has 1 atom stereocenters. The van der Waals surface area contributed by atoms with Gasteiger partial charge in [-0.05, 0) is 35.4 Å². The van der Waals surface area contributed by atoms with Crippen LogP contribution in [0, 0.1) is 11.8 Å². The molecule has 0 aliphatic carbocycles. The molecule has 4 heteroatoms. The topological polar surface area (TPSA) is 47.6 Å². The Hall–Kier alpha value is -1.71. The van der Waals surface area contributed by atoms with Gasteiger partial charge in [0.15, 0.2) is 11.5 Å². The maximum absolute atomic E-state index is 12.2. The Morgan fingerprint density at radius 3 is 2.45 bits per heavy atom. The smallest absolute Gasteiger partial charge is 0.220 e. The second-order valence-electron chi connectivity index (χ2n) is 6.66.